The average Bonchev–Trinajstić information content (AvgIpc) is 2.55. The Morgan fingerprint density at radius 1 is 1.00 bits per heavy atom. The molecule has 0 radical (unpaired) electrons. The van der Waals surface area contributed by atoms with E-state index in [2.05, 4.69) is 23.3 Å². The number of nitrogens with one attached hydrogen (secondary N) is 1. The Balaban J connectivity index is 1.94. The van der Waals surface area contributed by atoms with E-state index in [1.165, 1.54) is 5.56 Å². The molecule has 4 nitrogen and oxygen atoms in total. The highest BCUT2D eigenvalue weighted by Crippen LogP contribution is 2.28. The average molecular weight is 300 g/mol. The van der Waals surface area contributed by atoms with E-state index in [0.29, 0.717) is 13.2 Å². The third-order valence-electron chi connectivity index (χ3n) is 3.13. The minimum absolute atomic E-state index is 0.632. The molecule has 0 bridgehead atoms. The minimum atomic E-state index is 0.632. The van der Waals surface area contributed by atoms with Crippen LogP contribution in [-0.2, 0) is 13.1 Å². The molecule has 0 saturated heterocycles. The van der Waals surface area contributed by atoms with Gasteiger partial charge in [0.15, 0.2) is 11.5 Å². The van der Waals surface area contributed by atoms with Crippen molar-refractivity contribution in [2.24, 2.45) is 0 Å². The summed E-state index contributed by atoms with van der Waals surface area (Å²) in [5.74, 6) is 1.63. The van der Waals surface area contributed by atoms with Crippen molar-refractivity contribution in [3.05, 3.63) is 53.9 Å². The van der Waals surface area contributed by atoms with Gasteiger partial charge in [-0.2, -0.15) is 0 Å². The maximum atomic E-state index is 5.71. The zero-order chi connectivity index (χ0) is 15.6. The van der Waals surface area contributed by atoms with Crippen LogP contribution in [0.4, 0.5) is 0 Å². The molecule has 0 amide bonds. The largest absolute Gasteiger partial charge is 0.490 e. The molecule has 0 fully saturated rings. The maximum Gasteiger partial charge on any atom is 0.161 e. The molecule has 0 spiro atoms. The Morgan fingerprint density at radius 3 is 2.64 bits per heavy atom. The fraction of sp³-hybridized carbons (Fsp3) is 0.389. The Kier molecular flexibility index (Phi) is 6.71. The van der Waals surface area contributed by atoms with Crippen LogP contribution >= 0.6 is 0 Å². The van der Waals surface area contributed by atoms with Crippen LogP contribution < -0.4 is 14.8 Å². The van der Waals surface area contributed by atoms with E-state index in [1.807, 2.05) is 43.5 Å². The molecule has 0 aliphatic rings. The second-order valence-corrected chi connectivity index (χ2v) is 4.99. The Hall–Kier alpha value is -2.07. The molecule has 22 heavy (non-hydrogen) atoms. The minimum Gasteiger partial charge on any atom is -0.490 e. The Morgan fingerprint density at radius 2 is 1.91 bits per heavy atom. The summed E-state index contributed by atoms with van der Waals surface area (Å²) in [6.07, 6.45) is 2.79. The first-order valence-corrected chi connectivity index (χ1v) is 7.82. The monoisotopic (exact) mass is 300 g/mol. The molecule has 2 aromatic rings. The van der Waals surface area contributed by atoms with Crippen LogP contribution in [0, 0.1) is 0 Å². The van der Waals surface area contributed by atoms with E-state index in [1.54, 1.807) is 0 Å². The summed E-state index contributed by atoms with van der Waals surface area (Å²) in [7, 11) is 0. The van der Waals surface area contributed by atoms with E-state index in [0.717, 1.165) is 36.7 Å². The number of benzene rings is 1. The van der Waals surface area contributed by atoms with Crippen molar-refractivity contribution >= 4 is 0 Å². The van der Waals surface area contributed by atoms with Gasteiger partial charge < -0.3 is 14.8 Å². The summed E-state index contributed by atoms with van der Waals surface area (Å²) in [5, 5.41) is 3.39. The van der Waals surface area contributed by atoms with Crippen molar-refractivity contribution in [1.82, 2.24) is 10.3 Å². The van der Waals surface area contributed by atoms with Crippen LogP contribution in [-0.4, -0.2) is 18.2 Å². The van der Waals surface area contributed by atoms with E-state index < -0.39 is 0 Å². The molecular formula is C18H24N2O2. The number of hydrogen-bond donors (Lipinski definition) is 1. The highest BCUT2D eigenvalue weighted by molar-refractivity contribution is 5.43. The van der Waals surface area contributed by atoms with Crippen LogP contribution in [0.25, 0.3) is 0 Å². The van der Waals surface area contributed by atoms with Gasteiger partial charge in [0.25, 0.3) is 0 Å². The fourth-order valence-electron chi connectivity index (χ4n) is 2.10. The summed E-state index contributed by atoms with van der Waals surface area (Å²) in [6, 6.07) is 12.0. The molecule has 1 aromatic heterocycles. The second-order valence-electron chi connectivity index (χ2n) is 4.99. The van der Waals surface area contributed by atoms with E-state index in [9.17, 15) is 0 Å². The lowest BCUT2D eigenvalue weighted by atomic mass is 10.2. The maximum absolute atomic E-state index is 5.71. The summed E-state index contributed by atoms with van der Waals surface area (Å²) in [6.45, 7) is 6.93. The van der Waals surface area contributed by atoms with Crippen molar-refractivity contribution in [2.45, 2.75) is 33.4 Å². The molecular weight excluding hydrogens is 276 g/mol. The van der Waals surface area contributed by atoms with E-state index in [-0.39, 0.29) is 0 Å². The van der Waals surface area contributed by atoms with Gasteiger partial charge in [-0.1, -0.05) is 19.1 Å². The molecule has 2 rings (SSSR count). The third-order valence-corrected chi connectivity index (χ3v) is 3.13. The summed E-state index contributed by atoms with van der Waals surface area (Å²) >= 11 is 0. The summed E-state index contributed by atoms with van der Waals surface area (Å²) in [4.78, 5) is 4.30. The smallest absolute Gasteiger partial charge is 0.161 e. The zero-order valence-corrected chi connectivity index (χ0v) is 13.3. The number of ether oxygens (including phenoxy) is 2. The lowest BCUT2D eigenvalue weighted by Gasteiger charge is -2.13. The molecule has 0 atom stereocenters. The van der Waals surface area contributed by atoms with Gasteiger partial charge in [0.05, 0.1) is 18.9 Å². The quantitative estimate of drug-likeness (QED) is 0.769. The van der Waals surface area contributed by atoms with Crippen LogP contribution in [0.15, 0.2) is 42.6 Å². The van der Waals surface area contributed by atoms with E-state index >= 15 is 0 Å². The first-order chi connectivity index (χ1) is 10.8. The summed E-state index contributed by atoms with van der Waals surface area (Å²) < 4.78 is 11.4. The van der Waals surface area contributed by atoms with Gasteiger partial charge >= 0.3 is 0 Å². The number of nitrogens with zero attached hydrogens (tertiary/aromatic N) is 1. The van der Waals surface area contributed by atoms with Crippen LogP contribution in [0.5, 0.6) is 11.5 Å². The zero-order valence-electron chi connectivity index (χ0n) is 13.3. The lowest BCUT2D eigenvalue weighted by molar-refractivity contribution is 0.276. The summed E-state index contributed by atoms with van der Waals surface area (Å²) in [5.41, 5.74) is 2.21. The van der Waals surface area contributed by atoms with Gasteiger partial charge in [-0.15, -0.1) is 0 Å². The van der Waals surface area contributed by atoms with Crippen molar-refractivity contribution in [3.8, 4) is 11.5 Å². The molecule has 1 N–H and O–H groups in total. The standard InChI is InChI=1S/C18H24N2O2/c1-3-11-22-17-9-8-15(12-18(17)21-4-2)13-19-14-16-7-5-6-10-20-16/h5-10,12,19H,3-4,11,13-14H2,1-2H3. The lowest BCUT2D eigenvalue weighted by Crippen LogP contribution is -2.13. The Labute approximate surface area is 132 Å². The molecule has 4 heteroatoms. The molecule has 0 saturated carbocycles. The molecule has 0 unspecified atom stereocenters. The third kappa shape index (κ3) is 5.04. The van der Waals surface area contributed by atoms with Crippen molar-refractivity contribution in [3.63, 3.8) is 0 Å². The number of rotatable bonds is 9. The molecule has 0 aliphatic heterocycles. The fourth-order valence-corrected chi connectivity index (χ4v) is 2.10. The predicted octanol–water partition coefficient (Wildman–Crippen LogP) is 3.56. The topological polar surface area (TPSA) is 43.4 Å². The molecule has 1 aromatic carbocycles. The first-order valence-electron chi connectivity index (χ1n) is 7.82. The highest BCUT2D eigenvalue weighted by atomic mass is 16.5. The second kappa shape index (κ2) is 9.05. The van der Waals surface area contributed by atoms with Crippen LogP contribution in [0.2, 0.25) is 0 Å². The molecule has 0 aliphatic carbocycles. The van der Waals surface area contributed by atoms with Crippen molar-refractivity contribution in [1.29, 1.82) is 0 Å². The number of aromatic nitrogens is 1. The van der Waals surface area contributed by atoms with E-state index in [4.69, 9.17) is 9.47 Å². The normalized spacial score (nSPS) is 10.5. The number of hydrogen-bond acceptors (Lipinski definition) is 4. The number of pyridine rings is 1. The highest BCUT2D eigenvalue weighted by Gasteiger charge is 2.06. The van der Waals surface area contributed by atoms with Gasteiger partial charge in [-0.25, -0.2) is 0 Å². The van der Waals surface area contributed by atoms with Gasteiger partial charge in [0, 0.05) is 19.3 Å². The first kappa shape index (κ1) is 16.3. The van der Waals surface area contributed by atoms with Gasteiger partial charge in [-0.05, 0) is 43.2 Å². The van der Waals surface area contributed by atoms with Gasteiger partial charge in [0.1, 0.15) is 0 Å². The van der Waals surface area contributed by atoms with Crippen LogP contribution in [0.1, 0.15) is 31.5 Å². The van der Waals surface area contributed by atoms with Crippen LogP contribution in [0.3, 0.4) is 0 Å². The van der Waals surface area contributed by atoms with Crippen molar-refractivity contribution in [2.75, 3.05) is 13.2 Å². The SMILES string of the molecule is CCCOc1ccc(CNCc2ccccn2)cc1OCC. The van der Waals surface area contributed by atoms with Crippen molar-refractivity contribution < 1.29 is 9.47 Å². The predicted molar refractivity (Wildman–Crippen MR) is 88.2 cm³/mol. The Bertz CT molecular complexity index is 558. The molecule has 1 heterocycles. The van der Waals surface area contributed by atoms with Gasteiger partial charge in [-0.3, -0.25) is 4.98 Å². The van der Waals surface area contributed by atoms with Gasteiger partial charge in [0.2, 0.25) is 0 Å². The molecule has 118 valence electrons.